The Labute approximate surface area is 84.9 Å². The van der Waals surface area contributed by atoms with E-state index in [-0.39, 0.29) is 12.2 Å². The van der Waals surface area contributed by atoms with Crippen LogP contribution in [-0.2, 0) is 4.79 Å². The number of nitrogens with zero attached hydrogens (tertiary/aromatic N) is 1. The quantitative estimate of drug-likeness (QED) is 0.763. The van der Waals surface area contributed by atoms with Gasteiger partial charge in [-0.05, 0) is 12.1 Å². The van der Waals surface area contributed by atoms with Crippen molar-refractivity contribution in [3.63, 3.8) is 0 Å². The van der Waals surface area contributed by atoms with Crippen LogP contribution in [0.1, 0.15) is 6.42 Å². The van der Waals surface area contributed by atoms with Gasteiger partial charge in [0.15, 0.2) is 17.3 Å². The lowest BCUT2D eigenvalue weighted by Gasteiger charge is -2.04. The van der Waals surface area contributed by atoms with E-state index in [1.54, 1.807) is 6.07 Å². The zero-order valence-electron chi connectivity index (χ0n) is 7.67. The fourth-order valence-corrected chi connectivity index (χ4v) is 0.890. The summed E-state index contributed by atoms with van der Waals surface area (Å²) in [5.74, 6) is -2.26. The molecule has 0 unspecified atom stereocenters. The monoisotopic (exact) mass is 211 g/mol. The zero-order valence-corrected chi connectivity index (χ0v) is 7.67. The van der Waals surface area contributed by atoms with Crippen LogP contribution in [0.15, 0.2) is 18.2 Å². The molecule has 0 saturated heterocycles. The Balaban J connectivity index is 2.59. The zero-order chi connectivity index (χ0) is 11.3. The lowest BCUT2D eigenvalue weighted by Crippen LogP contribution is -2.10. The second-order valence-corrected chi connectivity index (χ2v) is 2.74. The predicted molar refractivity (Wildman–Crippen MR) is 47.1 cm³/mol. The van der Waals surface area contributed by atoms with Crippen molar-refractivity contribution >= 4 is 5.78 Å². The summed E-state index contributed by atoms with van der Waals surface area (Å²) in [5.41, 5.74) is 0. The molecule has 0 aliphatic rings. The molecule has 3 nitrogen and oxygen atoms in total. The van der Waals surface area contributed by atoms with E-state index in [1.807, 2.05) is 0 Å². The van der Waals surface area contributed by atoms with Gasteiger partial charge < -0.3 is 4.74 Å². The van der Waals surface area contributed by atoms with Crippen LogP contribution in [0.5, 0.6) is 5.75 Å². The topological polar surface area (TPSA) is 50.1 Å². The highest BCUT2D eigenvalue weighted by Gasteiger charge is 2.07. The third kappa shape index (κ3) is 3.35. The summed E-state index contributed by atoms with van der Waals surface area (Å²) in [6.07, 6.45) is -0.289. The largest absolute Gasteiger partial charge is 0.483 e. The van der Waals surface area contributed by atoms with E-state index in [9.17, 15) is 13.6 Å². The Hall–Kier alpha value is -1.96. The van der Waals surface area contributed by atoms with E-state index >= 15 is 0 Å². The minimum atomic E-state index is -0.875. The molecule has 0 saturated carbocycles. The minimum absolute atomic E-state index is 0.206. The summed E-state index contributed by atoms with van der Waals surface area (Å²) in [5, 5.41) is 8.17. The van der Waals surface area contributed by atoms with Crippen molar-refractivity contribution in [1.82, 2.24) is 0 Å². The van der Waals surface area contributed by atoms with Gasteiger partial charge in [0.1, 0.15) is 12.4 Å². The molecule has 1 aromatic carbocycles. The Morgan fingerprint density at radius 2 is 2.20 bits per heavy atom. The third-order valence-electron chi connectivity index (χ3n) is 1.56. The highest BCUT2D eigenvalue weighted by molar-refractivity contribution is 5.81. The fourth-order valence-electron chi connectivity index (χ4n) is 0.890. The number of ether oxygens (including phenoxy) is 1. The second-order valence-electron chi connectivity index (χ2n) is 2.74. The third-order valence-corrected chi connectivity index (χ3v) is 1.56. The van der Waals surface area contributed by atoms with Crippen LogP contribution < -0.4 is 4.74 Å². The van der Waals surface area contributed by atoms with E-state index in [2.05, 4.69) is 0 Å². The molecule has 0 fully saturated rings. The summed E-state index contributed by atoms with van der Waals surface area (Å²) < 4.78 is 30.2. The summed E-state index contributed by atoms with van der Waals surface area (Å²) in [4.78, 5) is 10.9. The Bertz CT molecular complexity index is 412. The van der Waals surface area contributed by atoms with Crippen LogP contribution in [0.25, 0.3) is 0 Å². The van der Waals surface area contributed by atoms with E-state index in [1.165, 1.54) is 0 Å². The van der Waals surface area contributed by atoms with Crippen LogP contribution >= 0.6 is 0 Å². The molecule has 1 aromatic rings. The summed E-state index contributed by atoms with van der Waals surface area (Å²) in [7, 11) is 0. The molecule has 0 aliphatic carbocycles. The van der Waals surface area contributed by atoms with Crippen molar-refractivity contribution < 1.29 is 18.3 Å². The smallest absolute Gasteiger partial charge is 0.184 e. The van der Waals surface area contributed by atoms with Gasteiger partial charge in [0.05, 0.1) is 12.5 Å². The van der Waals surface area contributed by atoms with Crippen molar-refractivity contribution in [3.05, 3.63) is 29.8 Å². The number of ketones is 1. The number of hydrogen-bond donors (Lipinski definition) is 0. The molecule has 5 heteroatoms. The van der Waals surface area contributed by atoms with E-state index in [0.717, 1.165) is 12.1 Å². The highest BCUT2D eigenvalue weighted by atomic mass is 19.1. The van der Waals surface area contributed by atoms with Gasteiger partial charge in [-0.1, -0.05) is 0 Å². The number of carbonyl (C=O) groups excluding carboxylic acids is 1. The van der Waals surface area contributed by atoms with E-state index < -0.39 is 24.0 Å². The van der Waals surface area contributed by atoms with E-state index in [4.69, 9.17) is 10.00 Å². The number of nitriles is 1. The van der Waals surface area contributed by atoms with Gasteiger partial charge >= 0.3 is 0 Å². The number of hydrogen-bond acceptors (Lipinski definition) is 3. The lowest BCUT2D eigenvalue weighted by molar-refractivity contribution is -0.120. The molecule has 0 amide bonds. The van der Waals surface area contributed by atoms with E-state index in [0.29, 0.717) is 6.07 Å². The van der Waals surface area contributed by atoms with Crippen molar-refractivity contribution in [1.29, 1.82) is 5.26 Å². The first kappa shape index (κ1) is 11.1. The average molecular weight is 211 g/mol. The van der Waals surface area contributed by atoms with Crippen LogP contribution in [0.2, 0.25) is 0 Å². The Morgan fingerprint density at radius 3 is 2.80 bits per heavy atom. The minimum Gasteiger partial charge on any atom is -0.483 e. The normalized spacial score (nSPS) is 9.40. The van der Waals surface area contributed by atoms with Crippen molar-refractivity contribution in [2.75, 3.05) is 6.61 Å². The molecule has 0 atom stereocenters. The van der Waals surface area contributed by atoms with Crippen LogP contribution in [0.4, 0.5) is 8.78 Å². The van der Waals surface area contributed by atoms with Crippen LogP contribution in [0.3, 0.4) is 0 Å². The molecular weight excluding hydrogens is 204 g/mol. The standard InChI is InChI=1S/C10H7F2NO2/c11-7-1-2-10(9(12)5-7)15-6-8(14)3-4-13/h1-2,5H,3,6H2. The first-order valence-electron chi connectivity index (χ1n) is 4.10. The molecule has 0 spiro atoms. The first-order valence-corrected chi connectivity index (χ1v) is 4.10. The molecule has 78 valence electrons. The molecule has 0 bridgehead atoms. The average Bonchev–Trinajstić information content (AvgIpc) is 2.17. The van der Waals surface area contributed by atoms with Gasteiger partial charge in [0.25, 0.3) is 0 Å². The number of halogens is 2. The Kier molecular flexibility index (Phi) is 3.75. The SMILES string of the molecule is N#CCC(=O)COc1ccc(F)cc1F. The maximum atomic E-state index is 12.9. The maximum Gasteiger partial charge on any atom is 0.184 e. The summed E-state index contributed by atoms with van der Waals surface area (Å²) in [6, 6.07) is 4.41. The second kappa shape index (κ2) is 5.05. The van der Waals surface area contributed by atoms with Crippen LogP contribution in [0, 0.1) is 23.0 Å². The highest BCUT2D eigenvalue weighted by Crippen LogP contribution is 2.17. The van der Waals surface area contributed by atoms with Gasteiger partial charge in [-0.3, -0.25) is 4.79 Å². The van der Waals surface area contributed by atoms with Gasteiger partial charge in [-0.25, -0.2) is 8.78 Å². The molecule has 15 heavy (non-hydrogen) atoms. The molecular formula is C10H7F2NO2. The van der Waals surface area contributed by atoms with Gasteiger partial charge in [0, 0.05) is 6.07 Å². The molecule has 1 rings (SSSR count). The summed E-state index contributed by atoms with van der Waals surface area (Å²) >= 11 is 0. The van der Waals surface area contributed by atoms with Crippen LogP contribution in [-0.4, -0.2) is 12.4 Å². The summed E-state index contributed by atoms with van der Waals surface area (Å²) in [6.45, 7) is -0.393. The number of benzene rings is 1. The molecule has 0 radical (unpaired) electrons. The predicted octanol–water partition coefficient (Wildman–Crippen LogP) is 1.83. The maximum absolute atomic E-state index is 12.9. The number of rotatable bonds is 4. The molecule has 0 aromatic heterocycles. The molecule has 0 aliphatic heterocycles. The van der Waals surface area contributed by atoms with Gasteiger partial charge in [-0.15, -0.1) is 0 Å². The Morgan fingerprint density at radius 1 is 1.47 bits per heavy atom. The molecule has 0 N–H and O–H groups in total. The van der Waals surface area contributed by atoms with Crippen molar-refractivity contribution in [2.45, 2.75) is 6.42 Å². The molecule has 0 heterocycles. The first-order chi connectivity index (χ1) is 7.13. The van der Waals surface area contributed by atoms with Crippen molar-refractivity contribution in [3.8, 4) is 11.8 Å². The lowest BCUT2D eigenvalue weighted by atomic mass is 10.3. The fraction of sp³-hybridized carbons (Fsp3) is 0.200. The van der Waals surface area contributed by atoms with Crippen molar-refractivity contribution in [2.24, 2.45) is 0 Å². The number of Topliss-reactive ketones (excluding diaryl/α,β-unsaturated/α-hetero) is 1. The number of carbonyl (C=O) groups is 1. The van der Waals surface area contributed by atoms with Gasteiger partial charge in [0.2, 0.25) is 0 Å². The van der Waals surface area contributed by atoms with Gasteiger partial charge in [-0.2, -0.15) is 5.26 Å².